The van der Waals surface area contributed by atoms with Gasteiger partial charge in [0.15, 0.2) is 0 Å². The van der Waals surface area contributed by atoms with E-state index in [9.17, 15) is 22.7 Å². The number of alkyl halides is 4. The summed E-state index contributed by atoms with van der Waals surface area (Å²) in [5.74, 6) is -6.78. The molecule has 7 heteroatoms. The van der Waals surface area contributed by atoms with E-state index in [1.54, 1.807) is 6.07 Å². The van der Waals surface area contributed by atoms with Gasteiger partial charge < -0.3 is 9.84 Å². The Morgan fingerprint density at radius 2 is 2.00 bits per heavy atom. The number of halogens is 4. The summed E-state index contributed by atoms with van der Waals surface area (Å²) in [6, 6.07) is 10.1. The lowest BCUT2D eigenvalue weighted by Gasteiger charge is -2.20. The van der Waals surface area contributed by atoms with E-state index in [1.165, 1.54) is 24.3 Å². The third-order valence-corrected chi connectivity index (χ3v) is 4.06. The molecule has 0 bridgehead atoms. The first kappa shape index (κ1) is 17.2. The van der Waals surface area contributed by atoms with Gasteiger partial charge in [-0.2, -0.15) is 5.26 Å². The maximum absolute atomic E-state index is 13.9. The fourth-order valence-corrected chi connectivity index (χ4v) is 2.92. The number of aliphatic hydroxyl groups excluding tert-OH is 1. The minimum Gasteiger partial charge on any atom is -0.457 e. The Morgan fingerprint density at radius 3 is 2.64 bits per heavy atom. The van der Waals surface area contributed by atoms with Crippen LogP contribution in [0.1, 0.15) is 35.3 Å². The Labute approximate surface area is 141 Å². The molecular weight excluding hydrogens is 338 g/mol. The van der Waals surface area contributed by atoms with Gasteiger partial charge in [0.1, 0.15) is 17.6 Å². The number of benzene rings is 2. The van der Waals surface area contributed by atoms with E-state index in [1.807, 2.05) is 6.07 Å². The van der Waals surface area contributed by atoms with Gasteiger partial charge in [-0.1, -0.05) is 6.07 Å². The molecule has 0 fully saturated rings. The average Bonchev–Trinajstić information content (AvgIpc) is 2.78. The zero-order chi connectivity index (χ0) is 18.4. The van der Waals surface area contributed by atoms with E-state index in [2.05, 4.69) is 0 Å². The molecule has 1 aliphatic carbocycles. The van der Waals surface area contributed by atoms with Crippen LogP contribution in [0.15, 0.2) is 36.4 Å². The molecule has 0 heterocycles. The molecule has 0 aliphatic heterocycles. The molecule has 25 heavy (non-hydrogen) atoms. The number of rotatable bonds is 3. The maximum atomic E-state index is 13.9. The van der Waals surface area contributed by atoms with Gasteiger partial charge in [0.2, 0.25) is 0 Å². The van der Waals surface area contributed by atoms with Crippen LogP contribution in [0.25, 0.3) is 0 Å². The summed E-state index contributed by atoms with van der Waals surface area (Å²) in [5, 5.41) is 18.7. The molecule has 3 nitrogen and oxygen atoms in total. The van der Waals surface area contributed by atoms with Crippen molar-refractivity contribution in [1.82, 2.24) is 0 Å². The van der Waals surface area contributed by atoms with E-state index < -0.39 is 35.5 Å². The minimum absolute atomic E-state index is 0.0469. The first-order chi connectivity index (χ1) is 11.6. The van der Waals surface area contributed by atoms with Gasteiger partial charge in [0.25, 0.3) is 11.8 Å². The van der Waals surface area contributed by atoms with E-state index >= 15 is 0 Å². The van der Waals surface area contributed by atoms with Crippen molar-refractivity contribution in [3.63, 3.8) is 0 Å². The van der Waals surface area contributed by atoms with Gasteiger partial charge >= 0.3 is 0 Å². The highest BCUT2D eigenvalue weighted by molar-refractivity contribution is 5.53. The normalized spacial score (nSPS) is 18.5. The van der Waals surface area contributed by atoms with E-state index in [4.69, 9.17) is 10.00 Å². The lowest BCUT2D eigenvalue weighted by Crippen LogP contribution is -2.23. The zero-order valence-corrected chi connectivity index (χ0v) is 13.1. The van der Waals surface area contributed by atoms with Crippen LogP contribution in [0.5, 0.6) is 11.5 Å². The molecule has 0 aromatic heterocycles. The molecule has 0 saturated carbocycles. The summed E-state index contributed by atoms with van der Waals surface area (Å²) in [6.45, 7) is 0.586. The fraction of sp³-hybridized carbons (Fsp3) is 0.278. The second kappa shape index (κ2) is 5.74. The molecule has 2 aromatic carbocycles. The Hall–Kier alpha value is -2.59. The number of hydrogen-bond donors (Lipinski definition) is 1. The van der Waals surface area contributed by atoms with Gasteiger partial charge in [-0.15, -0.1) is 0 Å². The molecule has 0 spiro atoms. The minimum atomic E-state index is -3.56. The van der Waals surface area contributed by atoms with Crippen molar-refractivity contribution in [2.45, 2.75) is 31.3 Å². The van der Waals surface area contributed by atoms with E-state index in [0.717, 1.165) is 6.07 Å². The van der Waals surface area contributed by atoms with Crippen molar-refractivity contribution in [3.05, 3.63) is 58.7 Å². The summed E-state index contributed by atoms with van der Waals surface area (Å²) in [7, 11) is 0. The number of nitriles is 1. The Bertz CT molecular complexity index is 868. The summed E-state index contributed by atoms with van der Waals surface area (Å²) in [5.41, 5.74) is -0.994. The first-order valence-electron chi connectivity index (χ1n) is 7.41. The van der Waals surface area contributed by atoms with Crippen LogP contribution in [-0.4, -0.2) is 11.0 Å². The quantitative estimate of drug-likeness (QED) is 0.817. The maximum Gasteiger partial charge on any atom is 0.281 e. The van der Waals surface area contributed by atoms with Crippen LogP contribution < -0.4 is 4.74 Å². The van der Waals surface area contributed by atoms with Crippen LogP contribution in [0.3, 0.4) is 0 Å². The first-order valence-corrected chi connectivity index (χ1v) is 7.41. The summed E-state index contributed by atoms with van der Waals surface area (Å²) >= 11 is 0. The Kier molecular flexibility index (Phi) is 3.96. The molecule has 0 saturated heterocycles. The highest BCUT2D eigenvalue weighted by Gasteiger charge is 2.51. The zero-order valence-electron chi connectivity index (χ0n) is 13.1. The summed E-state index contributed by atoms with van der Waals surface area (Å²) in [6.07, 6.45) is -3.22. The van der Waals surface area contributed by atoms with E-state index in [-0.39, 0.29) is 17.1 Å². The lowest BCUT2D eigenvalue weighted by molar-refractivity contribution is -0.0985. The van der Waals surface area contributed by atoms with Crippen molar-refractivity contribution < 1.29 is 27.4 Å². The molecule has 0 unspecified atom stereocenters. The van der Waals surface area contributed by atoms with Crippen LogP contribution in [0.2, 0.25) is 0 Å². The molecule has 1 N–H and O–H groups in total. The van der Waals surface area contributed by atoms with Crippen LogP contribution in [0.4, 0.5) is 17.6 Å². The van der Waals surface area contributed by atoms with Gasteiger partial charge in [-0.25, -0.2) is 17.6 Å². The lowest BCUT2D eigenvalue weighted by atomic mass is 9.97. The highest BCUT2D eigenvalue weighted by Crippen LogP contribution is 2.51. The molecule has 130 valence electrons. The van der Waals surface area contributed by atoms with Gasteiger partial charge in [-0.05, 0) is 30.3 Å². The standard InChI is InChI=1S/C18H13F4NO2/c1-17(19,20)13-5-6-14(12-8-18(21,22)16(24)15(12)13)25-11-4-2-3-10(7-11)9-23/h2-7,16,24H,8H2,1H3/t16-/m0/s1. The van der Waals surface area contributed by atoms with Crippen molar-refractivity contribution in [2.75, 3.05) is 0 Å². The highest BCUT2D eigenvalue weighted by atomic mass is 19.3. The van der Waals surface area contributed by atoms with Crippen LogP contribution in [0, 0.1) is 11.3 Å². The predicted octanol–water partition coefficient (Wildman–Crippen LogP) is 4.69. The van der Waals surface area contributed by atoms with Gasteiger partial charge in [-0.3, -0.25) is 0 Å². The third kappa shape index (κ3) is 3.05. The third-order valence-electron chi connectivity index (χ3n) is 4.06. The largest absolute Gasteiger partial charge is 0.457 e. The number of nitrogens with zero attached hydrogens (tertiary/aromatic N) is 1. The number of ether oxygens (including phenoxy) is 1. The molecule has 3 rings (SSSR count). The summed E-state index contributed by atoms with van der Waals surface area (Å²) in [4.78, 5) is 0. The Morgan fingerprint density at radius 1 is 1.28 bits per heavy atom. The van der Waals surface area contributed by atoms with Crippen molar-refractivity contribution in [3.8, 4) is 17.6 Å². The molecule has 0 amide bonds. The molecule has 1 aliphatic rings. The Balaban J connectivity index is 2.10. The molecule has 0 radical (unpaired) electrons. The van der Waals surface area contributed by atoms with E-state index in [0.29, 0.717) is 12.5 Å². The SMILES string of the molecule is CC(F)(F)c1ccc(Oc2cccc(C#N)c2)c2c1[C@H](O)C(F)(F)C2. The average molecular weight is 351 g/mol. The molecule has 2 aromatic rings. The fourth-order valence-electron chi connectivity index (χ4n) is 2.92. The number of fused-ring (bicyclic) bond motifs is 1. The monoisotopic (exact) mass is 351 g/mol. The smallest absolute Gasteiger partial charge is 0.281 e. The second-order valence-corrected chi connectivity index (χ2v) is 5.97. The van der Waals surface area contributed by atoms with Gasteiger partial charge in [0, 0.05) is 30.0 Å². The van der Waals surface area contributed by atoms with Crippen LogP contribution in [-0.2, 0) is 12.3 Å². The number of aliphatic hydroxyl groups is 1. The molecular formula is C18H13F4NO2. The van der Waals surface area contributed by atoms with Crippen molar-refractivity contribution >= 4 is 0 Å². The molecule has 1 atom stereocenters. The van der Waals surface area contributed by atoms with Crippen molar-refractivity contribution in [2.24, 2.45) is 0 Å². The topological polar surface area (TPSA) is 53.2 Å². The van der Waals surface area contributed by atoms with Crippen LogP contribution >= 0.6 is 0 Å². The number of hydrogen-bond acceptors (Lipinski definition) is 3. The second-order valence-electron chi connectivity index (χ2n) is 5.97. The summed E-state index contributed by atoms with van der Waals surface area (Å²) < 4.78 is 60.9. The van der Waals surface area contributed by atoms with Crippen molar-refractivity contribution in [1.29, 1.82) is 5.26 Å². The predicted molar refractivity (Wildman–Crippen MR) is 80.9 cm³/mol. The van der Waals surface area contributed by atoms with Gasteiger partial charge in [0.05, 0.1) is 11.6 Å².